The van der Waals surface area contributed by atoms with E-state index in [-0.39, 0.29) is 12.8 Å². The number of alkyl halides is 2. The zero-order valence-electron chi connectivity index (χ0n) is 8.19. The lowest BCUT2D eigenvalue weighted by atomic mass is 9.87. The summed E-state index contributed by atoms with van der Waals surface area (Å²) < 4.78 is 27.1. The van der Waals surface area contributed by atoms with Gasteiger partial charge in [-0.05, 0) is 18.6 Å². The van der Waals surface area contributed by atoms with Crippen molar-refractivity contribution in [3.63, 3.8) is 0 Å². The molecule has 2 rings (SSSR count). The molecule has 1 atom stereocenters. The molecule has 1 aliphatic rings. The van der Waals surface area contributed by atoms with Crippen molar-refractivity contribution in [1.82, 2.24) is 15.0 Å². The average Bonchev–Trinajstić information content (AvgIpc) is 2.58. The lowest BCUT2D eigenvalue weighted by Gasteiger charge is -2.30. The van der Waals surface area contributed by atoms with Gasteiger partial charge in [-0.2, -0.15) is 0 Å². The van der Waals surface area contributed by atoms with Gasteiger partial charge in [0.2, 0.25) is 0 Å². The van der Waals surface area contributed by atoms with Crippen molar-refractivity contribution in [1.29, 1.82) is 0 Å². The number of rotatable bonds is 1. The highest BCUT2D eigenvalue weighted by Crippen LogP contribution is 2.37. The Morgan fingerprint density at radius 1 is 1.40 bits per heavy atom. The Labute approximate surface area is 85.2 Å². The van der Waals surface area contributed by atoms with Crippen molar-refractivity contribution in [2.24, 2.45) is 7.05 Å². The summed E-state index contributed by atoms with van der Waals surface area (Å²) in [5.41, 5.74) is -0.950. The summed E-state index contributed by atoms with van der Waals surface area (Å²) in [4.78, 5) is 0. The summed E-state index contributed by atoms with van der Waals surface area (Å²) in [6, 6.07) is 0. The fraction of sp³-hybridized carbons (Fsp3) is 0.556. The van der Waals surface area contributed by atoms with Gasteiger partial charge in [-0.25, -0.2) is 13.5 Å². The fourth-order valence-corrected chi connectivity index (χ4v) is 1.68. The topological polar surface area (TPSA) is 50.9 Å². The third kappa shape index (κ3) is 1.77. The highest BCUT2D eigenvalue weighted by molar-refractivity contribution is 5.21. The Morgan fingerprint density at radius 3 is 2.60 bits per heavy atom. The fourth-order valence-electron chi connectivity index (χ4n) is 1.68. The molecular formula is C9H11F2N3O. The Bertz CT molecular complexity index is 402. The predicted molar refractivity (Wildman–Crippen MR) is 48.2 cm³/mol. The molecule has 1 aromatic heterocycles. The number of hydrogen-bond donors (Lipinski definition) is 1. The summed E-state index contributed by atoms with van der Waals surface area (Å²) in [5.74, 6) is -2.82. The van der Waals surface area contributed by atoms with Crippen LogP contribution in [0.4, 0.5) is 8.78 Å². The molecule has 1 N–H and O–H groups in total. The number of aromatic nitrogens is 3. The van der Waals surface area contributed by atoms with E-state index in [1.54, 1.807) is 7.05 Å². The summed E-state index contributed by atoms with van der Waals surface area (Å²) in [6.07, 6.45) is 2.84. The van der Waals surface area contributed by atoms with Crippen LogP contribution in [0.15, 0.2) is 18.3 Å². The molecule has 0 saturated carbocycles. The maximum atomic E-state index is 12.9. The monoisotopic (exact) mass is 215 g/mol. The normalized spacial score (nSPS) is 29.3. The van der Waals surface area contributed by atoms with Gasteiger partial charge in [-0.1, -0.05) is 5.21 Å². The average molecular weight is 215 g/mol. The third-order valence-corrected chi connectivity index (χ3v) is 2.60. The van der Waals surface area contributed by atoms with E-state index in [2.05, 4.69) is 10.3 Å². The smallest absolute Gasteiger partial charge is 0.266 e. The van der Waals surface area contributed by atoms with E-state index in [1.165, 1.54) is 10.9 Å². The van der Waals surface area contributed by atoms with E-state index in [0.717, 1.165) is 12.2 Å². The van der Waals surface area contributed by atoms with Crippen molar-refractivity contribution >= 4 is 0 Å². The largest absolute Gasteiger partial charge is 0.379 e. The molecule has 1 heterocycles. The van der Waals surface area contributed by atoms with Gasteiger partial charge in [0.25, 0.3) is 5.92 Å². The van der Waals surface area contributed by atoms with Gasteiger partial charge in [-0.3, -0.25) is 0 Å². The lowest BCUT2D eigenvalue weighted by molar-refractivity contribution is -0.0168. The van der Waals surface area contributed by atoms with Crippen LogP contribution in [-0.2, 0) is 12.6 Å². The van der Waals surface area contributed by atoms with Crippen LogP contribution >= 0.6 is 0 Å². The lowest BCUT2D eigenvalue weighted by Crippen LogP contribution is -2.33. The first-order valence-electron chi connectivity index (χ1n) is 4.59. The molecule has 1 aromatic rings. The number of aryl methyl sites for hydroxylation is 1. The molecule has 6 heteroatoms. The Kier molecular flexibility index (Phi) is 2.11. The van der Waals surface area contributed by atoms with Gasteiger partial charge >= 0.3 is 0 Å². The van der Waals surface area contributed by atoms with Crippen molar-refractivity contribution in [3.05, 3.63) is 24.0 Å². The maximum Gasteiger partial charge on any atom is 0.266 e. The Hall–Kier alpha value is -1.30. The molecule has 82 valence electrons. The minimum Gasteiger partial charge on any atom is -0.379 e. The molecule has 0 aliphatic heterocycles. The van der Waals surface area contributed by atoms with Crippen LogP contribution in [0.5, 0.6) is 0 Å². The van der Waals surface area contributed by atoms with Crippen molar-refractivity contribution in [2.45, 2.75) is 24.4 Å². The van der Waals surface area contributed by atoms with E-state index < -0.39 is 11.5 Å². The van der Waals surface area contributed by atoms with Crippen LogP contribution in [0.1, 0.15) is 18.5 Å². The van der Waals surface area contributed by atoms with Crippen LogP contribution in [0, 0.1) is 0 Å². The quantitative estimate of drug-likeness (QED) is 0.711. The van der Waals surface area contributed by atoms with Crippen LogP contribution in [0.2, 0.25) is 0 Å². The molecule has 0 spiro atoms. The molecule has 15 heavy (non-hydrogen) atoms. The molecule has 0 amide bonds. The van der Waals surface area contributed by atoms with Crippen molar-refractivity contribution < 1.29 is 13.9 Å². The number of halogens is 2. The van der Waals surface area contributed by atoms with Crippen LogP contribution in [0.3, 0.4) is 0 Å². The van der Waals surface area contributed by atoms with Gasteiger partial charge in [-0.15, -0.1) is 5.10 Å². The maximum absolute atomic E-state index is 12.9. The van der Waals surface area contributed by atoms with Gasteiger partial charge in [0.1, 0.15) is 5.60 Å². The molecule has 4 nitrogen and oxygen atoms in total. The number of nitrogens with zero attached hydrogens (tertiary/aromatic N) is 3. The highest BCUT2D eigenvalue weighted by atomic mass is 19.3. The number of aliphatic hydroxyl groups is 1. The van der Waals surface area contributed by atoms with E-state index in [9.17, 15) is 13.9 Å². The van der Waals surface area contributed by atoms with E-state index in [0.29, 0.717) is 5.69 Å². The molecule has 0 radical (unpaired) electrons. The first kappa shape index (κ1) is 10.2. The predicted octanol–water partition coefficient (Wildman–Crippen LogP) is 0.988. The number of hydrogen-bond acceptors (Lipinski definition) is 3. The second kappa shape index (κ2) is 3.10. The van der Waals surface area contributed by atoms with Crippen molar-refractivity contribution in [3.8, 4) is 0 Å². The van der Waals surface area contributed by atoms with Crippen LogP contribution in [-0.4, -0.2) is 26.0 Å². The van der Waals surface area contributed by atoms with Gasteiger partial charge in [0.05, 0.1) is 11.9 Å². The van der Waals surface area contributed by atoms with Crippen molar-refractivity contribution in [2.75, 3.05) is 0 Å². The zero-order chi connectivity index (χ0) is 11.1. The second-order valence-corrected chi connectivity index (χ2v) is 3.76. The summed E-state index contributed by atoms with van der Waals surface area (Å²) in [5, 5.41) is 17.4. The summed E-state index contributed by atoms with van der Waals surface area (Å²) in [6.45, 7) is 0. The molecule has 1 unspecified atom stereocenters. The molecule has 0 saturated heterocycles. The van der Waals surface area contributed by atoms with Gasteiger partial charge in [0, 0.05) is 13.5 Å². The molecule has 0 bridgehead atoms. The first-order chi connectivity index (χ1) is 6.93. The van der Waals surface area contributed by atoms with Crippen LogP contribution in [0.25, 0.3) is 0 Å². The summed E-state index contributed by atoms with van der Waals surface area (Å²) in [7, 11) is 1.61. The van der Waals surface area contributed by atoms with Gasteiger partial charge in [0.15, 0.2) is 0 Å². The number of allylic oxidation sites excluding steroid dienone is 1. The van der Waals surface area contributed by atoms with Gasteiger partial charge < -0.3 is 5.11 Å². The first-order valence-corrected chi connectivity index (χ1v) is 4.59. The second-order valence-electron chi connectivity index (χ2n) is 3.76. The standard InChI is InChI=1S/C9H11F2N3O/c1-14-7(6-12-13-14)8(15)2-4-9(10,11)5-3-8/h2,4,6,15H,3,5H2,1H3. The minimum atomic E-state index is -2.82. The van der Waals surface area contributed by atoms with E-state index in [1.807, 2.05) is 0 Å². The minimum absolute atomic E-state index is 0.0300. The van der Waals surface area contributed by atoms with E-state index >= 15 is 0 Å². The molecule has 1 aliphatic carbocycles. The third-order valence-electron chi connectivity index (χ3n) is 2.60. The molecule has 0 aromatic carbocycles. The molecule has 0 fully saturated rings. The van der Waals surface area contributed by atoms with E-state index in [4.69, 9.17) is 0 Å². The Morgan fingerprint density at radius 2 is 2.13 bits per heavy atom. The van der Waals surface area contributed by atoms with Crippen LogP contribution < -0.4 is 0 Å². The zero-order valence-corrected chi connectivity index (χ0v) is 8.19. The molecular weight excluding hydrogens is 204 g/mol. The summed E-state index contributed by atoms with van der Waals surface area (Å²) >= 11 is 0. The highest BCUT2D eigenvalue weighted by Gasteiger charge is 2.40. The Balaban J connectivity index is 2.35. The SMILES string of the molecule is Cn1nncc1C1(O)C=CC(F)(F)CC1.